The molecule has 0 saturated carbocycles. The second-order valence-electron chi connectivity index (χ2n) is 6.25. The van der Waals surface area contributed by atoms with E-state index in [1.165, 1.54) is 25.8 Å². The number of piperazine rings is 1. The number of nitrogens with zero attached hydrogens (tertiary/aromatic N) is 1. The summed E-state index contributed by atoms with van der Waals surface area (Å²) in [7, 11) is 0. The number of nitrogens with one attached hydrogen (secondary N) is 1. The van der Waals surface area contributed by atoms with E-state index in [4.69, 9.17) is 0 Å². The molecule has 102 valence electrons. The Morgan fingerprint density at radius 1 is 1.29 bits per heavy atom. The van der Waals surface area contributed by atoms with Gasteiger partial charge in [-0.3, -0.25) is 4.90 Å². The van der Waals surface area contributed by atoms with Crippen molar-refractivity contribution in [3.05, 3.63) is 0 Å². The molecular formula is C15H32N2. The Hall–Kier alpha value is -0.0800. The predicted molar refractivity (Wildman–Crippen MR) is 76.4 cm³/mol. The van der Waals surface area contributed by atoms with E-state index in [-0.39, 0.29) is 0 Å². The maximum absolute atomic E-state index is 3.75. The van der Waals surface area contributed by atoms with Gasteiger partial charge in [0.1, 0.15) is 0 Å². The van der Waals surface area contributed by atoms with Crippen molar-refractivity contribution >= 4 is 0 Å². The van der Waals surface area contributed by atoms with Gasteiger partial charge in [-0.25, -0.2) is 0 Å². The molecule has 1 N–H and O–H groups in total. The third-order valence-electron chi connectivity index (χ3n) is 4.63. The first-order chi connectivity index (χ1) is 7.97. The lowest BCUT2D eigenvalue weighted by Crippen LogP contribution is -2.65. The molecule has 3 unspecified atom stereocenters. The Bertz CT molecular complexity index is 227. The fourth-order valence-electron chi connectivity index (χ4n) is 3.16. The molecule has 0 bridgehead atoms. The van der Waals surface area contributed by atoms with Crippen LogP contribution >= 0.6 is 0 Å². The molecule has 1 rings (SSSR count). The van der Waals surface area contributed by atoms with E-state index in [1.54, 1.807) is 0 Å². The van der Waals surface area contributed by atoms with Gasteiger partial charge in [-0.15, -0.1) is 0 Å². The van der Waals surface area contributed by atoms with E-state index >= 15 is 0 Å². The molecule has 0 amide bonds. The largest absolute Gasteiger partial charge is 0.309 e. The Morgan fingerprint density at radius 3 is 2.35 bits per heavy atom. The minimum atomic E-state index is 0.313. The smallest absolute Gasteiger partial charge is 0.0278 e. The van der Waals surface area contributed by atoms with Crippen molar-refractivity contribution in [1.29, 1.82) is 0 Å². The summed E-state index contributed by atoms with van der Waals surface area (Å²) < 4.78 is 0. The van der Waals surface area contributed by atoms with Gasteiger partial charge in [0.05, 0.1) is 0 Å². The summed E-state index contributed by atoms with van der Waals surface area (Å²) in [5.41, 5.74) is 0.313. The molecule has 1 fully saturated rings. The van der Waals surface area contributed by atoms with Gasteiger partial charge < -0.3 is 5.32 Å². The highest BCUT2D eigenvalue weighted by Gasteiger charge is 2.37. The highest BCUT2D eigenvalue weighted by molar-refractivity contribution is 4.96. The topological polar surface area (TPSA) is 15.3 Å². The summed E-state index contributed by atoms with van der Waals surface area (Å²) in [6.45, 7) is 16.4. The average molecular weight is 240 g/mol. The van der Waals surface area contributed by atoms with E-state index in [0.717, 1.165) is 24.5 Å². The van der Waals surface area contributed by atoms with Crippen molar-refractivity contribution in [2.24, 2.45) is 5.92 Å². The highest BCUT2D eigenvalue weighted by Crippen LogP contribution is 2.26. The van der Waals surface area contributed by atoms with Gasteiger partial charge in [-0.05, 0) is 32.1 Å². The minimum Gasteiger partial charge on any atom is -0.309 e. The maximum atomic E-state index is 3.75. The van der Waals surface area contributed by atoms with Crippen LogP contribution in [0.3, 0.4) is 0 Å². The standard InChI is InChI=1S/C15H32N2/c1-7-13-10-16-15(6,9-3)11-17(13)14(8-2)12(4)5/h12-14,16H,7-11H2,1-6H3. The molecule has 0 aromatic carbocycles. The van der Waals surface area contributed by atoms with E-state index in [9.17, 15) is 0 Å². The lowest BCUT2D eigenvalue weighted by molar-refractivity contribution is 0.0244. The van der Waals surface area contributed by atoms with Gasteiger partial charge in [0.15, 0.2) is 0 Å². The van der Waals surface area contributed by atoms with Crippen LogP contribution in [0.25, 0.3) is 0 Å². The highest BCUT2D eigenvalue weighted by atomic mass is 15.3. The molecule has 0 spiro atoms. The van der Waals surface area contributed by atoms with Gasteiger partial charge >= 0.3 is 0 Å². The molecule has 0 aromatic rings. The van der Waals surface area contributed by atoms with Crippen LogP contribution in [0.15, 0.2) is 0 Å². The average Bonchev–Trinajstić information content (AvgIpc) is 2.30. The van der Waals surface area contributed by atoms with Crippen LogP contribution in [0.1, 0.15) is 60.8 Å². The zero-order chi connectivity index (χ0) is 13.1. The van der Waals surface area contributed by atoms with Crippen LogP contribution in [0.4, 0.5) is 0 Å². The molecule has 2 nitrogen and oxygen atoms in total. The summed E-state index contributed by atoms with van der Waals surface area (Å²) in [4.78, 5) is 2.78. The van der Waals surface area contributed by atoms with E-state index < -0.39 is 0 Å². The van der Waals surface area contributed by atoms with Gasteiger partial charge in [0, 0.05) is 30.7 Å². The van der Waals surface area contributed by atoms with Crippen LogP contribution in [0.2, 0.25) is 0 Å². The van der Waals surface area contributed by atoms with Crippen LogP contribution in [-0.2, 0) is 0 Å². The van der Waals surface area contributed by atoms with Crippen LogP contribution in [-0.4, -0.2) is 35.6 Å². The normalized spacial score (nSPS) is 33.0. The van der Waals surface area contributed by atoms with Crippen LogP contribution < -0.4 is 5.32 Å². The van der Waals surface area contributed by atoms with Gasteiger partial charge in [0.2, 0.25) is 0 Å². The van der Waals surface area contributed by atoms with Crippen molar-refractivity contribution in [2.75, 3.05) is 13.1 Å². The third kappa shape index (κ3) is 3.45. The number of hydrogen-bond donors (Lipinski definition) is 1. The fourth-order valence-corrected chi connectivity index (χ4v) is 3.16. The Labute approximate surface area is 108 Å². The molecule has 1 aliphatic rings. The maximum Gasteiger partial charge on any atom is 0.0278 e. The van der Waals surface area contributed by atoms with Gasteiger partial charge in [0.25, 0.3) is 0 Å². The van der Waals surface area contributed by atoms with Crippen molar-refractivity contribution < 1.29 is 0 Å². The summed E-state index contributed by atoms with van der Waals surface area (Å²) >= 11 is 0. The molecule has 17 heavy (non-hydrogen) atoms. The Kier molecular flexibility index (Phi) is 5.46. The second kappa shape index (κ2) is 6.19. The summed E-state index contributed by atoms with van der Waals surface area (Å²) in [5, 5.41) is 3.75. The molecule has 1 saturated heterocycles. The summed E-state index contributed by atoms with van der Waals surface area (Å²) in [6, 6.07) is 1.47. The van der Waals surface area contributed by atoms with E-state index in [0.29, 0.717) is 5.54 Å². The molecule has 0 aliphatic carbocycles. The van der Waals surface area contributed by atoms with Crippen molar-refractivity contribution in [3.63, 3.8) is 0 Å². The predicted octanol–water partition coefficient (Wildman–Crippen LogP) is 3.27. The lowest BCUT2D eigenvalue weighted by atomic mass is 9.88. The Morgan fingerprint density at radius 2 is 1.94 bits per heavy atom. The molecule has 3 atom stereocenters. The monoisotopic (exact) mass is 240 g/mol. The van der Waals surface area contributed by atoms with Crippen molar-refractivity contribution in [2.45, 2.75) is 78.4 Å². The number of hydrogen-bond acceptors (Lipinski definition) is 2. The first kappa shape index (κ1) is 15.0. The molecule has 1 heterocycles. The van der Waals surface area contributed by atoms with Crippen LogP contribution in [0.5, 0.6) is 0 Å². The van der Waals surface area contributed by atoms with Crippen LogP contribution in [0, 0.1) is 5.92 Å². The summed E-state index contributed by atoms with van der Waals surface area (Å²) in [6.07, 6.45) is 3.75. The van der Waals surface area contributed by atoms with Crippen molar-refractivity contribution in [3.8, 4) is 0 Å². The zero-order valence-electron chi connectivity index (χ0n) is 12.7. The Balaban J connectivity index is 2.82. The fraction of sp³-hybridized carbons (Fsp3) is 1.00. The second-order valence-corrected chi connectivity index (χ2v) is 6.25. The molecule has 2 heteroatoms. The van der Waals surface area contributed by atoms with E-state index in [1.807, 2.05) is 0 Å². The minimum absolute atomic E-state index is 0.313. The first-order valence-electron chi connectivity index (χ1n) is 7.48. The number of rotatable bonds is 5. The van der Waals surface area contributed by atoms with E-state index in [2.05, 4.69) is 51.8 Å². The van der Waals surface area contributed by atoms with Crippen molar-refractivity contribution in [1.82, 2.24) is 10.2 Å². The lowest BCUT2D eigenvalue weighted by Gasteiger charge is -2.50. The third-order valence-corrected chi connectivity index (χ3v) is 4.63. The quantitative estimate of drug-likeness (QED) is 0.793. The van der Waals surface area contributed by atoms with Gasteiger partial charge in [-0.2, -0.15) is 0 Å². The van der Waals surface area contributed by atoms with Gasteiger partial charge in [-0.1, -0.05) is 34.6 Å². The molecular weight excluding hydrogens is 208 g/mol. The SMILES string of the molecule is CCC1CNC(C)(CC)CN1C(CC)C(C)C. The molecule has 0 radical (unpaired) electrons. The first-order valence-corrected chi connectivity index (χ1v) is 7.48. The zero-order valence-corrected chi connectivity index (χ0v) is 12.7. The molecule has 0 aromatic heterocycles. The molecule has 1 aliphatic heterocycles. The summed E-state index contributed by atoms with van der Waals surface area (Å²) in [5.74, 6) is 0.758.